The summed E-state index contributed by atoms with van der Waals surface area (Å²) in [6, 6.07) is 12.3. The van der Waals surface area contributed by atoms with E-state index in [1.807, 2.05) is 35.9 Å². The van der Waals surface area contributed by atoms with E-state index < -0.39 is 0 Å². The van der Waals surface area contributed by atoms with Crippen molar-refractivity contribution < 1.29 is 9.13 Å². The van der Waals surface area contributed by atoms with Crippen LogP contribution in [-0.4, -0.2) is 22.9 Å². The summed E-state index contributed by atoms with van der Waals surface area (Å²) >= 11 is 6.35. The molecular formula is C21H21ClFN3O. The summed E-state index contributed by atoms with van der Waals surface area (Å²) in [6.07, 6.45) is 3.03. The molecule has 1 N–H and O–H groups in total. The van der Waals surface area contributed by atoms with Gasteiger partial charge in [-0.1, -0.05) is 23.7 Å². The monoisotopic (exact) mass is 385 g/mol. The molecule has 2 aromatic carbocycles. The molecule has 0 unspecified atom stereocenters. The van der Waals surface area contributed by atoms with Crippen molar-refractivity contribution in [2.45, 2.75) is 26.2 Å². The minimum atomic E-state index is -0.353. The van der Waals surface area contributed by atoms with Crippen LogP contribution >= 0.6 is 11.6 Å². The van der Waals surface area contributed by atoms with Crippen molar-refractivity contribution in [3.05, 3.63) is 58.9 Å². The normalized spacial score (nSPS) is 13.6. The van der Waals surface area contributed by atoms with Crippen LogP contribution in [0, 0.1) is 5.82 Å². The van der Waals surface area contributed by atoms with Crippen LogP contribution in [0.2, 0.25) is 5.02 Å². The van der Waals surface area contributed by atoms with Crippen LogP contribution in [0.25, 0.3) is 16.9 Å². The molecule has 0 atom stereocenters. The molecule has 4 nitrogen and oxygen atoms in total. The zero-order valence-corrected chi connectivity index (χ0v) is 15.9. The van der Waals surface area contributed by atoms with Gasteiger partial charge < -0.3 is 10.1 Å². The van der Waals surface area contributed by atoms with Crippen molar-refractivity contribution in [2.75, 3.05) is 18.5 Å². The van der Waals surface area contributed by atoms with E-state index in [1.165, 1.54) is 12.1 Å². The molecule has 140 valence electrons. The van der Waals surface area contributed by atoms with Crippen molar-refractivity contribution in [3.8, 4) is 22.7 Å². The lowest BCUT2D eigenvalue weighted by Gasteiger charge is -2.13. The number of ether oxygens (including phenoxy) is 1. The second-order valence-corrected chi connectivity index (χ2v) is 6.90. The summed E-state index contributed by atoms with van der Waals surface area (Å²) in [5.41, 5.74) is 3.50. The first-order chi connectivity index (χ1) is 13.2. The average Bonchev–Trinajstić information content (AvgIpc) is 2.84. The van der Waals surface area contributed by atoms with Gasteiger partial charge in [-0.15, -0.1) is 0 Å². The van der Waals surface area contributed by atoms with Gasteiger partial charge in [0.1, 0.15) is 23.1 Å². The van der Waals surface area contributed by atoms with Crippen molar-refractivity contribution >= 4 is 17.4 Å². The summed E-state index contributed by atoms with van der Waals surface area (Å²) in [5.74, 6) is 1.37. The van der Waals surface area contributed by atoms with Crippen LogP contribution in [0.3, 0.4) is 0 Å². The van der Waals surface area contributed by atoms with Crippen LogP contribution in [-0.2, 0) is 6.42 Å². The Morgan fingerprint density at radius 3 is 2.89 bits per heavy atom. The van der Waals surface area contributed by atoms with Gasteiger partial charge in [0.25, 0.3) is 0 Å². The minimum absolute atomic E-state index is 0.353. The van der Waals surface area contributed by atoms with E-state index in [9.17, 15) is 4.39 Å². The molecule has 0 spiro atoms. The summed E-state index contributed by atoms with van der Waals surface area (Å²) < 4.78 is 21.2. The predicted molar refractivity (Wildman–Crippen MR) is 107 cm³/mol. The van der Waals surface area contributed by atoms with Crippen LogP contribution in [0.15, 0.2) is 42.5 Å². The minimum Gasteiger partial charge on any atom is -0.492 e. The number of nitrogens with one attached hydrogen (secondary N) is 1. The average molecular weight is 386 g/mol. The second-order valence-electron chi connectivity index (χ2n) is 6.50. The molecule has 0 fully saturated rings. The molecule has 27 heavy (non-hydrogen) atoms. The first kappa shape index (κ1) is 17.9. The number of fused-ring (bicyclic) bond motifs is 1. The van der Waals surface area contributed by atoms with E-state index >= 15 is 0 Å². The molecule has 3 aromatic rings. The van der Waals surface area contributed by atoms with Crippen LogP contribution < -0.4 is 10.1 Å². The fourth-order valence-corrected chi connectivity index (χ4v) is 3.74. The third kappa shape index (κ3) is 3.39. The highest BCUT2D eigenvalue weighted by Crippen LogP contribution is 2.38. The Morgan fingerprint density at radius 2 is 2.07 bits per heavy atom. The van der Waals surface area contributed by atoms with E-state index in [0.29, 0.717) is 11.6 Å². The summed E-state index contributed by atoms with van der Waals surface area (Å²) in [7, 11) is 0. The first-order valence-electron chi connectivity index (χ1n) is 9.22. The van der Waals surface area contributed by atoms with Crippen molar-refractivity contribution in [1.29, 1.82) is 0 Å². The topological polar surface area (TPSA) is 39.1 Å². The number of hydrogen-bond donors (Lipinski definition) is 1. The number of halogens is 2. The van der Waals surface area contributed by atoms with E-state index in [2.05, 4.69) is 5.32 Å². The molecular weight excluding hydrogens is 365 g/mol. The number of nitrogens with zero attached hydrogens (tertiary/aromatic N) is 2. The van der Waals surface area contributed by atoms with Gasteiger partial charge in [-0.05, 0) is 56.5 Å². The fourth-order valence-electron chi connectivity index (χ4n) is 3.48. The maximum absolute atomic E-state index is 13.5. The fraction of sp³-hybridized carbons (Fsp3) is 0.286. The highest BCUT2D eigenvalue weighted by molar-refractivity contribution is 6.33. The molecule has 0 radical (unpaired) electrons. The molecule has 1 aliphatic heterocycles. The maximum Gasteiger partial charge on any atom is 0.145 e. The van der Waals surface area contributed by atoms with Gasteiger partial charge in [-0.2, -0.15) is 5.10 Å². The largest absolute Gasteiger partial charge is 0.492 e. The molecule has 0 saturated heterocycles. The number of benzene rings is 2. The van der Waals surface area contributed by atoms with Crippen molar-refractivity contribution in [2.24, 2.45) is 0 Å². The lowest BCUT2D eigenvalue weighted by molar-refractivity contribution is 0.338. The van der Waals surface area contributed by atoms with Gasteiger partial charge in [0.15, 0.2) is 0 Å². The molecule has 4 rings (SSSR count). The Kier molecular flexibility index (Phi) is 5.03. The van der Waals surface area contributed by atoms with Gasteiger partial charge in [-0.25, -0.2) is 9.07 Å². The number of aromatic nitrogens is 2. The third-order valence-electron chi connectivity index (χ3n) is 4.71. The highest BCUT2D eigenvalue weighted by atomic mass is 35.5. The van der Waals surface area contributed by atoms with Gasteiger partial charge >= 0.3 is 0 Å². The number of anilines is 1. The standard InChI is InChI=1S/C21H21ClFN3O/c1-2-27-19-9-4-3-8-18(19)26-21-16(7-5-6-12-24-21)20(25-26)15-11-10-14(23)13-17(15)22/h3-4,8-11,13,24H,2,5-7,12H2,1H3. The summed E-state index contributed by atoms with van der Waals surface area (Å²) in [6.45, 7) is 3.42. The van der Waals surface area contributed by atoms with E-state index in [0.717, 1.165) is 59.9 Å². The summed E-state index contributed by atoms with van der Waals surface area (Å²) in [4.78, 5) is 0. The number of para-hydroxylation sites is 2. The summed E-state index contributed by atoms with van der Waals surface area (Å²) in [5, 5.41) is 8.75. The second kappa shape index (κ2) is 7.61. The lowest BCUT2D eigenvalue weighted by Crippen LogP contribution is -2.08. The lowest BCUT2D eigenvalue weighted by atomic mass is 10.0. The zero-order valence-electron chi connectivity index (χ0n) is 15.1. The van der Waals surface area contributed by atoms with Crippen LogP contribution in [0.1, 0.15) is 25.3 Å². The van der Waals surface area contributed by atoms with Crippen molar-refractivity contribution in [3.63, 3.8) is 0 Å². The van der Waals surface area contributed by atoms with Gasteiger partial charge in [-0.3, -0.25) is 0 Å². The molecule has 2 heterocycles. The van der Waals surface area contributed by atoms with Gasteiger partial charge in [0.2, 0.25) is 0 Å². The number of rotatable bonds is 4. The Morgan fingerprint density at radius 1 is 1.22 bits per heavy atom. The highest BCUT2D eigenvalue weighted by Gasteiger charge is 2.24. The van der Waals surface area contributed by atoms with Gasteiger partial charge in [0.05, 0.1) is 17.3 Å². The molecule has 0 aliphatic carbocycles. The quantitative estimate of drug-likeness (QED) is 0.646. The van der Waals surface area contributed by atoms with E-state index in [1.54, 1.807) is 6.07 Å². The molecule has 1 aliphatic rings. The van der Waals surface area contributed by atoms with Crippen molar-refractivity contribution in [1.82, 2.24) is 9.78 Å². The molecule has 0 amide bonds. The Hall–Kier alpha value is -2.53. The van der Waals surface area contributed by atoms with E-state index in [4.69, 9.17) is 21.4 Å². The first-order valence-corrected chi connectivity index (χ1v) is 9.60. The smallest absolute Gasteiger partial charge is 0.145 e. The Balaban J connectivity index is 1.93. The third-order valence-corrected chi connectivity index (χ3v) is 5.02. The molecule has 1 aromatic heterocycles. The van der Waals surface area contributed by atoms with Gasteiger partial charge in [0, 0.05) is 17.7 Å². The van der Waals surface area contributed by atoms with E-state index in [-0.39, 0.29) is 5.82 Å². The molecule has 0 bridgehead atoms. The zero-order chi connectivity index (χ0) is 18.8. The Bertz CT molecular complexity index is 970. The molecule has 0 saturated carbocycles. The number of hydrogen-bond acceptors (Lipinski definition) is 3. The molecule has 6 heteroatoms. The predicted octanol–water partition coefficient (Wildman–Crippen LogP) is 5.48. The van der Waals surface area contributed by atoms with Crippen LogP contribution in [0.5, 0.6) is 5.75 Å². The van der Waals surface area contributed by atoms with Crippen LogP contribution in [0.4, 0.5) is 10.2 Å². The SMILES string of the molecule is CCOc1ccccc1-n1nc(-c2ccc(F)cc2Cl)c2c1NCCCC2. The maximum atomic E-state index is 13.5. The Labute approximate surface area is 162 Å².